The van der Waals surface area contributed by atoms with Gasteiger partial charge in [-0.25, -0.2) is 4.79 Å². The molecule has 0 aliphatic carbocycles. The average Bonchev–Trinajstić information content (AvgIpc) is 2.08. The summed E-state index contributed by atoms with van der Waals surface area (Å²) in [5.74, 6) is 0. The summed E-state index contributed by atoms with van der Waals surface area (Å²) < 4.78 is 0. The van der Waals surface area contributed by atoms with Gasteiger partial charge in [0.1, 0.15) is 0 Å². The minimum Gasteiger partial charge on any atom is -0.465 e. The van der Waals surface area contributed by atoms with Gasteiger partial charge >= 0.3 is 6.09 Å². The van der Waals surface area contributed by atoms with Crippen LogP contribution in [0.25, 0.3) is 0 Å². The van der Waals surface area contributed by atoms with Gasteiger partial charge in [-0.2, -0.15) is 5.26 Å². The monoisotopic (exact) mass is 176 g/mol. The van der Waals surface area contributed by atoms with Gasteiger partial charge in [-0.05, 0) is 17.7 Å². The Labute approximate surface area is 75.4 Å². The van der Waals surface area contributed by atoms with Crippen molar-refractivity contribution in [2.45, 2.75) is 6.42 Å². The summed E-state index contributed by atoms with van der Waals surface area (Å²) >= 11 is 0. The fourth-order valence-electron chi connectivity index (χ4n) is 0.921. The highest BCUT2D eigenvalue weighted by atomic mass is 16.4. The fraction of sp³-hybridized carbons (Fsp3) is 0.111. The highest BCUT2D eigenvalue weighted by Gasteiger charge is 1.97. The largest absolute Gasteiger partial charge is 0.465 e. The number of carboxylic acid groups (broad SMARTS) is 1. The number of hydrogen-bond acceptors (Lipinski definition) is 2. The first-order chi connectivity index (χ1) is 6.22. The molecule has 0 aromatic heterocycles. The van der Waals surface area contributed by atoms with E-state index in [0.717, 1.165) is 5.56 Å². The maximum Gasteiger partial charge on any atom is 0.409 e. The summed E-state index contributed by atoms with van der Waals surface area (Å²) in [6, 6.07) is 8.69. The Morgan fingerprint density at radius 1 is 1.46 bits per heavy atom. The van der Waals surface area contributed by atoms with E-state index in [-0.39, 0.29) is 0 Å². The van der Waals surface area contributed by atoms with Crippen molar-refractivity contribution >= 4 is 11.8 Å². The van der Waals surface area contributed by atoms with Crippen molar-refractivity contribution in [2.24, 2.45) is 0 Å². The molecule has 0 saturated carbocycles. The molecule has 0 radical (unpaired) electrons. The molecule has 0 aliphatic heterocycles. The minimum atomic E-state index is -1.09. The normalized spacial score (nSPS) is 8.85. The smallest absolute Gasteiger partial charge is 0.409 e. The standard InChI is InChI=1S/C9H8N2O2/c10-6-5-7-1-3-8(4-2-7)11-9(12)13/h1-4,11H,5H2,(H,12,13). The number of hydrogen-bond donors (Lipinski definition) is 2. The van der Waals surface area contributed by atoms with Gasteiger partial charge in [0, 0.05) is 5.69 Å². The molecule has 0 fully saturated rings. The SMILES string of the molecule is N#CCc1ccc(NC(=O)O)cc1. The molecule has 2 N–H and O–H groups in total. The van der Waals surface area contributed by atoms with E-state index in [2.05, 4.69) is 5.32 Å². The van der Waals surface area contributed by atoms with Gasteiger partial charge in [0.15, 0.2) is 0 Å². The van der Waals surface area contributed by atoms with E-state index in [9.17, 15) is 4.79 Å². The molecule has 13 heavy (non-hydrogen) atoms. The average molecular weight is 176 g/mol. The molecule has 4 heteroatoms. The quantitative estimate of drug-likeness (QED) is 0.722. The van der Waals surface area contributed by atoms with Gasteiger partial charge in [-0.1, -0.05) is 12.1 Å². The first kappa shape index (κ1) is 9.07. The molecule has 1 amide bonds. The highest BCUT2D eigenvalue weighted by molar-refractivity contribution is 5.82. The highest BCUT2D eigenvalue weighted by Crippen LogP contribution is 2.09. The van der Waals surface area contributed by atoms with E-state index >= 15 is 0 Å². The summed E-state index contributed by atoms with van der Waals surface area (Å²) in [7, 11) is 0. The van der Waals surface area contributed by atoms with Crippen LogP contribution in [0.4, 0.5) is 10.5 Å². The van der Waals surface area contributed by atoms with Crippen molar-refractivity contribution in [3.63, 3.8) is 0 Å². The Hall–Kier alpha value is -2.02. The van der Waals surface area contributed by atoms with Crippen LogP contribution in [-0.2, 0) is 6.42 Å². The lowest BCUT2D eigenvalue weighted by Gasteiger charge is -2.00. The molecule has 4 nitrogen and oxygen atoms in total. The maximum atomic E-state index is 10.2. The van der Waals surface area contributed by atoms with E-state index in [1.54, 1.807) is 24.3 Å². The number of carbonyl (C=O) groups is 1. The maximum absolute atomic E-state index is 10.2. The Kier molecular flexibility index (Phi) is 2.87. The van der Waals surface area contributed by atoms with Crippen LogP contribution in [0.1, 0.15) is 5.56 Å². The van der Waals surface area contributed by atoms with E-state index < -0.39 is 6.09 Å². The summed E-state index contributed by atoms with van der Waals surface area (Å²) in [4.78, 5) is 10.2. The van der Waals surface area contributed by atoms with Crippen molar-refractivity contribution in [3.05, 3.63) is 29.8 Å². The van der Waals surface area contributed by atoms with Gasteiger partial charge < -0.3 is 5.11 Å². The zero-order chi connectivity index (χ0) is 9.68. The van der Waals surface area contributed by atoms with Crippen molar-refractivity contribution in [1.82, 2.24) is 0 Å². The molecule has 0 atom stereocenters. The predicted molar refractivity (Wildman–Crippen MR) is 47.4 cm³/mol. The van der Waals surface area contributed by atoms with Crippen LogP contribution in [-0.4, -0.2) is 11.2 Å². The van der Waals surface area contributed by atoms with Crippen molar-refractivity contribution in [3.8, 4) is 6.07 Å². The van der Waals surface area contributed by atoms with E-state index in [1.807, 2.05) is 6.07 Å². The second-order valence-corrected chi connectivity index (χ2v) is 2.46. The fourth-order valence-corrected chi connectivity index (χ4v) is 0.921. The molecule has 66 valence electrons. The molecule has 1 aromatic carbocycles. The minimum absolute atomic E-state index is 0.341. The number of nitrogens with zero attached hydrogens (tertiary/aromatic N) is 1. The molecule has 0 spiro atoms. The topological polar surface area (TPSA) is 73.1 Å². The van der Waals surface area contributed by atoms with E-state index in [4.69, 9.17) is 10.4 Å². The number of amides is 1. The Morgan fingerprint density at radius 3 is 2.54 bits per heavy atom. The van der Waals surface area contributed by atoms with Crippen LogP contribution in [0, 0.1) is 11.3 Å². The molecule has 0 heterocycles. The number of rotatable bonds is 2. The van der Waals surface area contributed by atoms with Crippen LogP contribution in [0.2, 0.25) is 0 Å². The third-order valence-electron chi connectivity index (χ3n) is 1.49. The first-order valence-electron chi connectivity index (χ1n) is 3.68. The number of anilines is 1. The third-order valence-corrected chi connectivity index (χ3v) is 1.49. The second-order valence-electron chi connectivity index (χ2n) is 2.46. The van der Waals surface area contributed by atoms with Gasteiger partial charge in [0.2, 0.25) is 0 Å². The lowest BCUT2D eigenvalue weighted by Crippen LogP contribution is -2.06. The van der Waals surface area contributed by atoms with Gasteiger partial charge in [-0.15, -0.1) is 0 Å². The van der Waals surface area contributed by atoms with E-state index in [1.165, 1.54) is 0 Å². The molecule has 0 bridgehead atoms. The lowest BCUT2D eigenvalue weighted by atomic mass is 10.1. The molecular weight excluding hydrogens is 168 g/mol. The van der Waals surface area contributed by atoms with Crippen molar-refractivity contribution in [1.29, 1.82) is 5.26 Å². The van der Waals surface area contributed by atoms with Gasteiger partial charge in [-0.3, -0.25) is 5.32 Å². The third kappa shape index (κ3) is 2.83. The Morgan fingerprint density at radius 2 is 2.08 bits per heavy atom. The molecule has 0 saturated heterocycles. The summed E-state index contributed by atoms with van der Waals surface area (Å²) in [5.41, 5.74) is 1.38. The lowest BCUT2D eigenvalue weighted by molar-refractivity contribution is 0.210. The Bertz CT molecular complexity index is 338. The molecular formula is C9H8N2O2. The predicted octanol–water partition coefficient (Wildman–Crippen LogP) is 1.84. The van der Waals surface area contributed by atoms with Crippen LogP contribution in [0.5, 0.6) is 0 Å². The van der Waals surface area contributed by atoms with Crippen LogP contribution in [0.15, 0.2) is 24.3 Å². The van der Waals surface area contributed by atoms with Crippen LogP contribution >= 0.6 is 0 Å². The Balaban J connectivity index is 2.70. The van der Waals surface area contributed by atoms with Crippen molar-refractivity contribution in [2.75, 3.05) is 5.32 Å². The molecule has 1 aromatic rings. The summed E-state index contributed by atoms with van der Waals surface area (Å²) in [6.45, 7) is 0. The van der Waals surface area contributed by atoms with Gasteiger partial charge in [0.05, 0.1) is 12.5 Å². The van der Waals surface area contributed by atoms with Crippen molar-refractivity contribution < 1.29 is 9.90 Å². The van der Waals surface area contributed by atoms with Gasteiger partial charge in [0.25, 0.3) is 0 Å². The van der Waals surface area contributed by atoms with Crippen LogP contribution in [0.3, 0.4) is 0 Å². The second kappa shape index (κ2) is 4.12. The number of benzene rings is 1. The first-order valence-corrected chi connectivity index (χ1v) is 3.68. The van der Waals surface area contributed by atoms with Crippen LogP contribution < -0.4 is 5.32 Å². The summed E-state index contributed by atoms with van der Waals surface area (Å²) in [5, 5.41) is 19.0. The number of nitrogens with one attached hydrogen (secondary N) is 1. The summed E-state index contributed by atoms with van der Waals surface area (Å²) in [6.07, 6.45) is -0.749. The molecule has 0 aliphatic rings. The zero-order valence-corrected chi connectivity index (χ0v) is 6.82. The molecule has 1 rings (SSSR count). The zero-order valence-electron chi connectivity index (χ0n) is 6.82. The number of nitriles is 1. The molecule has 0 unspecified atom stereocenters. The van der Waals surface area contributed by atoms with E-state index in [0.29, 0.717) is 12.1 Å².